The minimum Gasteiger partial charge on any atom is -0.298 e. The Bertz CT molecular complexity index is 505. The molecule has 0 amide bonds. The van der Waals surface area contributed by atoms with Gasteiger partial charge in [-0.3, -0.25) is 9.78 Å². The smallest absolute Gasteiger partial charge is 0.150 e. The van der Waals surface area contributed by atoms with Crippen molar-refractivity contribution in [3.8, 4) is 0 Å². The third kappa shape index (κ3) is 2.43. The first-order chi connectivity index (χ1) is 7.79. The van der Waals surface area contributed by atoms with E-state index in [4.69, 9.17) is 0 Å². The average Bonchev–Trinajstić information content (AvgIpc) is 2.33. The van der Waals surface area contributed by atoms with E-state index in [0.29, 0.717) is 21.8 Å². The molecule has 5 heteroatoms. The van der Waals surface area contributed by atoms with Gasteiger partial charge in [-0.2, -0.15) is 0 Å². The largest absolute Gasteiger partial charge is 0.298 e. The average molecular weight is 234 g/mol. The van der Waals surface area contributed by atoms with Crippen molar-refractivity contribution in [2.75, 3.05) is 0 Å². The minimum absolute atomic E-state index is 0.320. The van der Waals surface area contributed by atoms with Gasteiger partial charge in [-0.05, 0) is 12.1 Å². The maximum atomic E-state index is 13.5. The zero-order chi connectivity index (χ0) is 11.4. The van der Waals surface area contributed by atoms with E-state index in [0.717, 1.165) is 0 Å². The van der Waals surface area contributed by atoms with Gasteiger partial charge in [-0.15, -0.1) is 0 Å². The van der Waals surface area contributed by atoms with Crippen LogP contribution < -0.4 is 0 Å². The van der Waals surface area contributed by atoms with Crippen LogP contribution in [0.3, 0.4) is 0 Å². The van der Waals surface area contributed by atoms with Crippen molar-refractivity contribution in [2.24, 2.45) is 0 Å². The Morgan fingerprint density at radius 1 is 1.31 bits per heavy atom. The molecule has 0 unspecified atom stereocenters. The molecule has 3 nitrogen and oxygen atoms in total. The summed E-state index contributed by atoms with van der Waals surface area (Å²) in [6.07, 6.45) is 5.26. The van der Waals surface area contributed by atoms with Crippen LogP contribution in [0.25, 0.3) is 0 Å². The van der Waals surface area contributed by atoms with E-state index in [1.54, 1.807) is 30.7 Å². The predicted octanol–water partition coefficient (Wildman–Crippen LogP) is 2.58. The third-order valence-electron chi connectivity index (χ3n) is 1.85. The molecule has 2 rings (SSSR count). The Labute approximate surface area is 95.7 Å². The first kappa shape index (κ1) is 10.8. The number of carbonyl (C=O) groups excluding carboxylic acids is 1. The number of halogens is 1. The number of hydrogen-bond donors (Lipinski definition) is 0. The lowest BCUT2D eigenvalue weighted by Gasteiger charge is -2.02. The molecule has 0 saturated carbocycles. The normalized spacial score (nSPS) is 10.1. The SMILES string of the molecule is O=Cc1ccc(Sc2cnccn2)c(F)c1. The molecule has 0 saturated heterocycles. The van der Waals surface area contributed by atoms with Crippen molar-refractivity contribution in [1.82, 2.24) is 9.97 Å². The van der Waals surface area contributed by atoms with Crippen LogP contribution in [0, 0.1) is 5.82 Å². The number of aromatic nitrogens is 2. The number of carbonyl (C=O) groups is 1. The zero-order valence-electron chi connectivity index (χ0n) is 8.13. The summed E-state index contributed by atoms with van der Waals surface area (Å²) in [4.78, 5) is 18.8. The lowest BCUT2D eigenvalue weighted by Crippen LogP contribution is -1.87. The molecule has 0 fully saturated rings. The van der Waals surface area contributed by atoms with Crippen LogP contribution in [0.4, 0.5) is 4.39 Å². The molecule has 0 radical (unpaired) electrons. The summed E-state index contributed by atoms with van der Waals surface area (Å²) in [5, 5.41) is 0.611. The van der Waals surface area contributed by atoms with E-state index in [1.807, 2.05) is 0 Å². The Kier molecular flexibility index (Phi) is 3.26. The summed E-state index contributed by atoms with van der Waals surface area (Å²) in [7, 11) is 0. The Hall–Kier alpha value is -1.75. The summed E-state index contributed by atoms with van der Waals surface area (Å²) in [6, 6.07) is 4.32. The Morgan fingerprint density at radius 2 is 2.19 bits per heavy atom. The third-order valence-corrected chi connectivity index (χ3v) is 2.82. The summed E-state index contributed by atoms with van der Waals surface area (Å²) in [5.74, 6) is -0.430. The highest BCUT2D eigenvalue weighted by molar-refractivity contribution is 7.99. The number of rotatable bonds is 3. The van der Waals surface area contributed by atoms with Crippen LogP contribution >= 0.6 is 11.8 Å². The quantitative estimate of drug-likeness (QED) is 0.765. The van der Waals surface area contributed by atoms with E-state index in [-0.39, 0.29) is 0 Å². The number of benzene rings is 1. The van der Waals surface area contributed by atoms with E-state index in [2.05, 4.69) is 9.97 Å². The van der Waals surface area contributed by atoms with Crippen LogP contribution in [0.15, 0.2) is 46.7 Å². The van der Waals surface area contributed by atoms with Gasteiger partial charge in [0.05, 0.1) is 6.20 Å². The Morgan fingerprint density at radius 3 is 2.81 bits per heavy atom. The van der Waals surface area contributed by atoms with Crippen molar-refractivity contribution < 1.29 is 9.18 Å². The van der Waals surface area contributed by atoms with Gasteiger partial charge in [0.2, 0.25) is 0 Å². The fourth-order valence-corrected chi connectivity index (χ4v) is 1.87. The maximum Gasteiger partial charge on any atom is 0.150 e. The summed E-state index contributed by atoms with van der Waals surface area (Å²) < 4.78 is 13.5. The van der Waals surface area contributed by atoms with Crippen molar-refractivity contribution in [3.63, 3.8) is 0 Å². The molecule has 16 heavy (non-hydrogen) atoms. The van der Waals surface area contributed by atoms with Gasteiger partial charge < -0.3 is 0 Å². The van der Waals surface area contributed by atoms with Crippen molar-refractivity contribution in [2.45, 2.75) is 9.92 Å². The zero-order valence-corrected chi connectivity index (χ0v) is 8.95. The second-order valence-electron chi connectivity index (χ2n) is 2.95. The van der Waals surface area contributed by atoms with E-state index in [9.17, 15) is 9.18 Å². The molecule has 0 N–H and O–H groups in total. The fraction of sp³-hybridized carbons (Fsp3) is 0. The topological polar surface area (TPSA) is 42.9 Å². The van der Waals surface area contributed by atoms with E-state index in [1.165, 1.54) is 17.8 Å². The van der Waals surface area contributed by atoms with Crippen LogP contribution in [0.5, 0.6) is 0 Å². The van der Waals surface area contributed by atoms with Gasteiger partial charge in [0.25, 0.3) is 0 Å². The molecule has 0 aliphatic rings. The summed E-state index contributed by atoms with van der Waals surface area (Å²) >= 11 is 1.17. The van der Waals surface area contributed by atoms with Crippen molar-refractivity contribution in [3.05, 3.63) is 48.2 Å². The molecule has 1 aromatic carbocycles. The molecular weight excluding hydrogens is 227 g/mol. The summed E-state index contributed by atoms with van der Waals surface area (Å²) in [6.45, 7) is 0. The molecule has 1 aromatic heterocycles. The Balaban J connectivity index is 2.25. The molecule has 2 aromatic rings. The molecule has 1 heterocycles. The molecule has 0 aliphatic heterocycles. The fourth-order valence-electron chi connectivity index (χ4n) is 1.12. The molecular formula is C11H7FN2OS. The van der Waals surface area contributed by atoms with Gasteiger partial charge in [-0.1, -0.05) is 17.8 Å². The van der Waals surface area contributed by atoms with E-state index >= 15 is 0 Å². The van der Waals surface area contributed by atoms with Gasteiger partial charge >= 0.3 is 0 Å². The molecule has 0 atom stereocenters. The van der Waals surface area contributed by atoms with Gasteiger partial charge in [0.1, 0.15) is 17.1 Å². The highest BCUT2D eigenvalue weighted by atomic mass is 32.2. The van der Waals surface area contributed by atoms with Crippen LogP contribution in [0.2, 0.25) is 0 Å². The van der Waals surface area contributed by atoms with Crippen molar-refractivity contribution in [1.29, 1.82) is 0 Å². The minimum atomic E-state index is -0.430. The number of aldehydes is 1. The molecule has 80 valence electrons. The first-order valence-electron chi connectivity index (χ1n) is 4.48. The molecule has 0 spiro atoms. The lowest BCUT2D eigenvalue weighted by molar-refractivity contribution is 0.112. The van der Waals surface area contributed by atoms with Crippen LogP contribution in [0.1, 0.15) is 10.4 Å². The second kappa shape index (κ2) is 4.85. The molecule has 0 aliphatic carbocycles. The van der Waals surface area contributed by atoms with Gasteiger partial charge in [0, 0.05) is 22.9 Å². The standard InChI is InChI=1S/C11H7FN2OS/c12-9-5-8(7-15)1-2-10(9)16-11-6-13-3-4-14-11/h1-7H. The van der Waals surface area contributed by atoms with E-state index < -0.39 is 5.82 Å². The predicted molar refractivity (Wildman–Crippen MR) is 57.9 cm³/mol. The number of hydrogen-bond acceptors (Lipinski definition) is 4. The second-order valence-corrected chi connectivity index (χ2v) is 4.02. The van der Waals surface area contributed by atoms with Crippen molar-refractivity contribution >= 4 is 18.0 Å². The monoisotopic (exact) mass is 234 g/mol. The summed E-state index contributed by atoms with van der Waals surface area (Å²) in [5.41, 5.74) is 0.320. The highest BCUT2D eigenvalue weighted by Crippen LogP contribution is 2.27. The molecule has 0 bridgehead atoms. The first-order valence-corrected chi connectivity index (χ1v) is 5.30. The van der Waals surface area contributed by atoms with Crippen LogP contribution in [-0.2, 0) is 0 Å². The van der Waals surface area contributed by atoms with Gasteiger partial charge in [-0.25, -0.2) is 9.37 Å². The highest BCUT2D eigenvalue weighted by Gasteiger charge is 2.05. The maximum absolute atomic E-state index is 13.5. The van der Waals surface area contributed by atoms with Crippen LogP contribution in [-0.4, -0.2) is 16.3 Å². The lowest BCUT2D eigenvalue weighted by atomic mass is 10.2. The van der Waals surface area contributed by atoms with Gasteiger partial charge in [0.15, 0.2) is 0 Å². The number of nitrogens with zero attached hydrogens (tertiary/aromatic N) is 2.